The minimum absolute atomic E-state index is 0.283. The first kappa shape index (κ1) is 18.9. The van der Waals surface area contributed by atoms with Gasteiger partial charge in [0.1, 0.15) is 0 Å². The first-order valence-corrected chi connectivity index (χ1v) is 6.67. The van der Waals surface area contributed by atoms with Crippen molar-refractivity contribution >= 4 is 23.5 Å². The first-order chi connectivity index (χ1) is 10.2. The van der Waals surface area contributed by atoms with E-state index in [1.807, 2.05) is 0 Å². The molecule has 0 aliphatic rings. The molecule has 0 aliphatic carbocycles. The number of hydrogen-bond donors (Lipinski definition) is 2. The van der Waals surface area contributed by atoms with Crippen molar-refractivity contribution in [1.29, 1.82) is 0 Å². The fourth-order valence-corrected chi connectivity index (χ4v) is 1.47. The number of isocyanates is 2. The van der Waals surface area contributed by atoms with E-state index in [9.17, 15) is 9.59 Å². The number of hydrogen-bond acceptors (Lipinski definition) is 6. The molecule has 0 spiro atoms. The van der Waals surface area contributed by atoms with Gasteiger partial charge >= 0.3 is 0 Å². The van der Waals surface area contributed by atoms with E-state index >= 15 is 0 Å². The van der Waals surface area contributed by atoms with Gasteiger partial charge < -0.3 is 10.2 Å². The van der Waals surface area contributed by atoms with Gasteiger partial charge in [-0.1, -0.05) is 18.9 Å². The summed E-state index contributed by atoms with van der Waals surface area (Å²) in [5.74, 6) is 0. The maximum atomic E-state index is 10.00. The molecule has 0 saturated heterocycles. The van der Waals surface area contributed by atoms with E-state index in [1.54, 1.807) is 19.1 Å². The number of aliphatic hydroxyl groups is 2. The first-order valence-electron chi connectivity index (χ1n) is 6.67. The van der Waals surface area contributed by atoms with E-state index < -0.39 is 0 Å². The maximum Gasteiger partial charge on any atom is 0.240 e. The lowest BCUT2D eigenvalue weighted by molar-refractivity contribution is 0.265. The van der Waals surface area contributed by atoms with Crippen LogP contribution < -0.4 is 0 Å². The summed E-state index contributed by atoms with van der Waals surface area (Å²) in [5, 5.41) is 16.6. The molecule has 0 radical (unpaired) electrons. The van der Waals surface area contributed by atoms with Crippen molar-refractivity contribution in [1.82, 2.24) is 0 Å². The van der Waals surface area contributed by atoms with Crippen molar-refractivity contribution in [2.24, 2.45) is 9.98 Å². The summed E-state index contributed by atoms with van der Waals surface area (Å²) in [5.41, 5.74) is 1.72. The third kappa shape index (κ3) is 9.44. The standard InChI is InChI=1S/C9H6N2O2.C6H14O2/c1-7-2-3-8(10-5-12)4-9(7)11-6-13;7-5-3-1-2-4-6-8/h2-4H,1H3;7-8H,1-6H2. The van der Waals surface area contributed by atoms with Crippen LogP contribution in [0.15, 0.2) is 28.2 Å². The maximum absolute atomic E-state index is 10.00. The zero-order valence-corrected chi connectivity index (χ0v) is 12.1. The average molecular weight is 292 g/mol. The highest BCUT2D eigenvalue weighted by atomic mass is 16.3. The lowest BCUT2D eigenvalue weighted by Crippen LogP contribution is -1.85. The second-order valence-corrected chi connectivity index (χ2v) is 4.24. The average Bonchev–Trinajstić information content (AvgIpc) is 2.48. The lowest BCUT2D eigenvalue weighted by atomic mass is 10.2. The normalized spacial score (nSPS) is 8.90. The summed E-state index contributed by atoms with van der Waals surface area (Å²) in [6.45, 7) is 2.36. The molecule has 0 fully saturated rings. The molecule has 114 valence electrons. The van der Waals surface area contributed by atoms with Crippen molar-refractivity contribution in [3.63, 3.8) is 0 Å². The van der Waals surface area contributed by atoms with Crippen LogP contribution in [0.3, 0.4) is 0 Å². The molecule has 0 bridgehead atoms. The SMILES string of the molecule is Cc1ccc(N=C=O)cc1N=C=O.OCCCCCCO. The smallest absolute Gasteiger partial charge is 0.240 e. The fraction of sp³-hybridized carbons (Fsp3) is 0.467. The van der Waals surface area contributed by atoms with Gasteiger partial charge in [-0.2, -0.15) is 9.98 Å². The van der Waals surface area contributed by atoms with E-state index in [1.165, 1.54) is 18.2 Å². The Labute approximate surface area is 123 Å². The number of rotatable bonds is 7. The highest BCUT2D eigenvalue weighted by Crippen LogP contribution is 2.23. The Balaban J connectivity index is 0.000000433. The molecule has 0 heterocycles. The van der Waals surface area contributed by atoms with Crippen LogP contribution in [0, 0.1) is 6.92 Å². The summed E-state index contributed by atoms with van der Waals surface area (Å²) in [4.78, 5) is 26.8. The Kier molecular flexibility index (Phi) is 11.6. The molecule has 0 aromatic heterocycles. The Bertz CT molecular complexity index is 498. The molecule has 1 aromatic carbocycles. The van der Waals surface area contributed by atoms with E-state index in [-0.39, 0.29) is 13.2 Å². The summed E-state index contributed by atoms with van der Waals surface area (Å²) in [6, 6.07) is 4.88. The molecule has 6 nitrogen and oxygen atoms in total. The summed E-state index contributed by atoms with van der Waals surface area (Å²) in [6.07, 6.45) is 6.66. The van der Waals surface area contributed by atoms with Crippen molar-refractivity contribution in [3.8, 4) is 0 Å². The van der Waals surface area contributed by atoms with Crippen LogP contribution in [-0.4, -0.2) is 35.6 Å². The number of aliphatic hydroxyl groups excluding tert-OH is 2. The number of aliphatic imine (C=N–C) groups is 2. The van der Waals surface area contributed by atoms with Gasteiger partial charge in [0, 0.05) is 13.2 Å². The minimum Gasteiger partial charge on any atom is -0.396 e. The number of unbranched alkanes of at least 4 members (excludes halogenated alkanes) is 3. The van der Waals surface area contributed by atoms with Gasteiger partial charge in [0.15, 0.2) is 0 Å². The quantitative estimate of drug-likeness (QED) is 0.458. The van der Waals surface area contributed by atoms with Crippen LogP contribution >= 0.6 is 0 Å². The summed E-state index contributed by atoms with van der Waals surface area (Å²) >= 11 is 0. The topological polar surface area (TPSA) is 99.3 Å². The van der Waals surface area contributed by atoms with Gasteiger partial charge in [0.05, 0.1) is 11.4 Å². The minimum atomic E-state index is 0.283. The Morgan fingerprint density at radius 3 is 2.00 bits per heavy atom. The van der Waals surface area contributed by atoms with E-state index in [4.69, 9.17) is 10.2 Å². The third-order valence-corrected chi connectivity index (χ3v) is 2.60. The van der Waals surface area contributed by atoms with Crippen molar-refractivity contribution < 1.29 is 19.8 Å². The third-order valence-electron chi connectivity index (χ3n) is 2.60. The van der Waals surface area contributed by atoms with Crippen molar-refractivity contribution in [3.05, 3.63) is 23.8 Å². The molecule has 1 aromatic rings. The van der Waals surface area contributed by atoms with E-state index in [0.717, 1.165) is 31.2 Å². The second kappa shape index (κ2) is 12.9. The molecule has 1 rings (SSSR count). The number of carbonyl (C=O) groups excluding carboxylic acids is 2. The van der Waals surface area contributed by atoms with Gasteiger partial charge in [-0.3, -0.25) is 0 Å². The number of nitrogens with zero attached hydrogens (tertiary/aromatic N) is 2. The predicted molar refractivity (Wildman–Crippen MR) is 79.4 cm³/mol. The molecule has 6 heteroatoms. The highest BCUT2D eigenvalue weighted by Gasteiger charge is 1.97. The summed E-state index contributed by atoms with van der Waals surface area (Å²) in [7, 11) is 0. The van der Waals surface area contributed by atoms with Gasteiger partial charge in [0.25, 0.3) is 0 Å². The predicted octanol–water partition coefficient (Wildman–Crippen LogP) is 2.46. The zero-order valence-electron chi connectivity index (χ0n) is 12.1. The van der Waals surface area contributed by atoms with E-state index in [2.05, 4.69) is 9.98 Å². The van der Waals surface area contributed by atoms with Crippen LogP contribution in [0.5, 0.6) is 0 Å². The molecule has 0 saturated carbocycles. The molecule has 0 amide bonds. The molecule has 21 heavy (non-hydrogen) atoms. The molecular formula is C15H20N2O4. The molecule has 0 aliphatic heterocycles. The van der Waals surface area contributed by atoms with Gasteiger partial charge in [-0.05, 0) is 37.5 Å². The van der Waals surface area contributed by atoms with Gasteiger partial charge in [-0.25, -0.2) is 9.59 Å². The molecule has 0 unspecified atom stereocenters. The highest BCUT2D eigenvalue weighted by molar-refractivity contribution is 5.61. The van der Waals surface area contributed by atoms with Crippen LogP contribution in [0.2, 0.25) is 0 Å². The molecule has 2 N–H and O–H groups in total. The van der Waals surface area contributed by atoms with Crippen LogP contribution in [0.1, 0.15) is 31.2 Å². The Morgan fingerprint density at radius 2 is 1.52 bits per heavy atom. The fourth-order valence-electron chi connectivity index (χ4n) is 1.47. The number of aryl methyl sites for hydroxylation is 1. The largest absolute Gasteiger partial charge is 0.396 e. The Hall–Kier alpha value is -2.10. The lowest BCUT2D eigenvalue weighted by Gasteiger charge is -1.97. The molecular weight excluding hydrogens is 272 g/mol. The van der Waals surface area contributed by atoms with Crippen molar-refractivity contribution in [2.75, 3.05) is 13.2 Å². The van der Waals surface area contributed by atoms with Crippen LogP contribution in [-0.2, 0) is 9.59 Å². The van der Waals surface area contributed by atoms with Crippen LogP contribution in [0.4, 0.5) is 11.4 Å². The molecule has 0 atom stereocenters. The van der Waals surface area contributed by atoms with E-state index in [0.29, 0.717) is 11.4 Å². The van der Waals surface area contributed by atoms with Crippen molar-refractivity contribution in [2.45, 2.75) is 32.6 Å². The number of benzene rings is 1. The monoisotopic (exact) mass is 292 g/mol. The van der Waals surface area contributed by atoms with Gasteiger partial charge in [0.2, 0.25) is 12.2 Å². The van der Waals surface area contributed by atoms with Gasteiger partial charge in [-0.15, -0.1) is 0 Å². The Morgan fingerprint density at radius 1 is 0.952 bits per heavy atom. The second-order valence-electron chi connectivity index (χ2n) is 4.24. The summed E-state index contributed by atoms with van der Waals surface area (Å²) < 4.78 is 0. The zero-order chi connectivity index (χ0) is 15.9. The van der Waals surface area contributed by atoms with Crippen LogP contribution in [0.25, 0.3) is 0 Å².